The third-order valence-electron chi connectivity index (χ3n) is 5.09. The van der Waals surface area contributed by atoms with Crippen LogP contribution in [0.2, 0.25) is 0 Å². The quantitative estimate of drug-likeness (QED) is 0.523. The van der Waals surface area contributed by atoms with Crippen molar-refractivity contribution in [2.75, 3.05) is 50.0 Å². The van der Waals surface area contributed by atoms with Crippen molar-refractivity contribution in [2.24, 2.45) is 0 Å². The molecule has 0 radical (unpaired) electrons. The van der Waals surface area contributed by atoms with Crippen LogP contribution in [0.1, 0.15) is 40.5 Å². The highest BCUT2D eigenvalue weighted by Gasteiger charge is 2.18. The molecule has 0 saturated carbocycles. The highest BCUT2D eigenvalue weighted by molar-refractivity contribution is 5.98. The molecule has 0 aromatic heterocycles. The highest BCUT2D eigenvalue weighted by atomic mass is 16.5. The maximum atomic E-state index is 12.6. The van der Waals surface area contributed by atoms with E-state index in [-0.39, 0.29) is 24.3 Å². The van der Waals surface area contributed by atoms with Crippen molar-refractivity contribution < 1.29 is 19.1 Å². The second kappa shape index (κ2) is 11.9. The molecule has 1 fully saturated rings. The number of carbonyl (C=O) groups is 3. The lowest BCUT2D eigenvalue weighted by molar-refractivity contribution is -0.114. The first-order chi connectivity index (χ1) is 15.6. The largest absolute Gasteiger partial charge is 0.378 e. The van der Waals surface area contributed by atoms with E-state index in [1.54, 1.807) is 53.4 Å². The third-order valence-corrected chi connectivity index (χ3v) is 5.09. The van der Waals surface area contributed by atoms with Gasteiger partial charge in [0.25, 0.3) is 11.8 Å². The van der Waals surface area contributed by atoms with Crippen molar-refractivity contribution in [3.05, 3.63) is 59.7 Å². The molecule has 3 rings (SSSR count). The number of ether oxygens (including phenoxy) is 1. The summed E-state index contributed by atoms with van der Waals surface area (Å²) >= 11 is 0. The predicted molar refractivity (Wildman–Crippen MR) is 124 cm³/mol. The molecule has 0 atom stereocenters. The van der Waals surface area contributed by atoms with Gasteiger partial charge in [0.05, 0.1) is 19.8 Å². The first-order valence-electron chi connectivity index (χ1n) is 11.0. The minimum Gasteiger partial charge on any atom is -0.378 e. The van der Waals surface area contributed by atoms with Gasteiger partial charge in [-0.3, -0.25) is 14.4 Å². The summed E-state index contributed by atoms with van der Waals surface area (Å²) in [4.78, 5) is 39.0. The van der Waals surface area contributed by atoms with Crippen LogP contribution in [0.3, 0.4) is 0 Å². The Bertz CT molecular complexity index is 941. The van der Waals surface area contributed by atoms with Crippen LogP contribution >= 0.6 is 0 Å². The molecular formula is C24H30N4O4. The molecule has 0 bridgehead atoms. The topological polar surface area (TPSA) is 99.8 Å². The highest BCUT2D eigenvalue weighted by Crippen LogP contribution is 2.15. The summed E-state index contributed by atoms with van der Waals surface area (Å²) in [5, 5.41) is 8.72. The van der Waals surface area contributed by atoms with E-state index in [1.807, 2.05) is 0 Å². The predicted octanol–water partition coefficient (Wildman–Crippen LogP) is 2.74. The zero-order valence-electron chi connectivity index (χ0n) is 18.4. The fraction of sp³-hybridized carbons (Fsp3) is 0.375. The lowest BCUT2D eigenvalue weighted by Gasteiger charge is -2.27. The van der Waals surface area contributed by atoms with Crippen LogP contribution in [0.4, 0.5) is 11.4 Å². The van der Waals surface area contributed by atoms with E-state index in [1.165, 1.54) is 0 Å². The number of unbranched alkanes of at least 4 members (excludes halogenated alkanes) is 1. The Hall–Kier alpha value is -3.39. The van der Waals surface area contributed by atoms with Crippen LogP contribution < -0.4 is 16.0 Å². The molecule has 3 amide bonds. The number of hydrogen-bond acceptors (Lipinski definition) is 5. The van der Waals surface area contributed by atoms with Crippen molar-refractivity contribution >= 4 is 29.1 Å². The maximum Gasteiger partial charge on any atom is 0.254 e. The van der Waals surface area contributed by atoms with Gasteiger partial charge in [0.15, 0.2) is 0 Å². The average molecular weight is 439 g/mol. The Morgan fingerprint density at radius 3 is 2.41 bits per heavy atom. The number of benzene rings is 2. The Labute approximate surface area is 188 Å². The Kier molecular flexibility index (Phi) is 8.62. The van der Waals surface area contributed by atoms with Crippen LogP contribution in [-0.4, -0.2) is 62.0 Å². The van der Waals surface area contributed by atoms with E-state index in [9.17, 15) is 14.4 Å². The number of carbonyl (C=O) groups excluding carboxylic acids is 3. The zero-order chi connectivity index (χ0) is 22.8. The lowest BCUT2D eigenvalue weighted by Crippen LogP contribution is -2.40. The summed E-state index contributed by atoms with van der Waals surface area (Å²) in [5.41, 5.74) is 2.31. The van der Waals surface area contributed by atoms with Crippen LogP contribution in [0.25, 0.3) is 0 Å². The Balaban J connectivity index is 1.52. The van der Waals surface area contributed by atoms with Gasteiger partial charge in [0, 0.05) is 42.1 Å². The minimum atomic E-state index is -0.251. The van der Waals surface area contributed by atoms with Gasteiger partial charge in [-0.2, -0.15) is 0 Å². The summed E-state index contributed by atoms with van der Waals surface area (Å²) in [6.07, 6.45) is 1.95. The smallest absolute Gasteiger partial charge is 0.254 e. The molecule has 8 heteroatoms. The number of nitrogens with one attached hydrogen (secondary N) is 3. The molecule has 0 aliphatic carbocycles. The van der Waals surface area contributed by atoms with E-state index >= 15 is 0 Å². The molecule has 1 saturated heterocycles. The molecule has 32 heavy (non-hydrogen) atoms. The van der Waals surface area contributed by atoms with Gasteiger partial charge in [0.1, 0.15) is 0 Å². The molecular weight excluding hydrogens is 408 g/mol. The summed E-state index contributed by atoms with van der Waals surface area (Å²) in [6, 6.07) is 13.9. The molecule has 1 aliphatic rings. The normalized spacial score (nSPS) is 13.3. The van der Waals surface area contributed by atoms with E-state index in [4.69, 9.17) is 4.74 Å². The summed E-state index contributed by atoms with van der Waals surface area (Å²) in [6.45, 7) is 4.94. The minimum absolute atomic E-state index is 0.0303. The molecule has 0 unspecified atom stereocenters. The van der Waals surface area contributed by atoms with E-state index < -0.39 is 0 Å². The summed E-state index contributed by atoms with van der Waals surface area (Å²) in [7, 11) is 0. The SMILES string of the molecule is CCCCNC(=O)c1cccc(NCC(=O)Nc2cccc(C(=O)N3CCOCC3)c2)c1. The Morgan fingerprint density at radius 2 is 1.66 bits per heavy atom. The van der Waals surface area contributed by atoms with Crippen LogP contribution in [0.5, 0.6) is 0 Å². The molecule has 2 aromatic carbocycles. The molecule has 1 aliphatic heterocycles. The lowest BCUT2D eigenvalue weighted by atomic mass is 10.1. The van der Waals surface area contributed by atoms with Gasteiger partial charge in [-0.25, -0.2) is 0 Å². The van der Waals surface area contributed by atoms with Gasteiger partial charge >= 0.3 is 0 Å². The summed E-state index contributed by atoms with van der Waals surface area (Å²) in [5.74, 6) is -0.455. The molecule has 2 aromatic rings. The van der Waals surface area contributed by atoms with Crippen molar-refractivity contribution in [1.29, 1.82) is 0 Å². The van der Waals surface area contributed by atoms with Crippen molar-refractivity contribution in [2.45, 2.75) is 19.8 Å². The molecule has 1 heterocycles. The van der Waals surface area contributed by atoms with Gasteiger partial charge < -0.3 is 25.6 Å². The first-order valence-corrected chi connectivity index (χ1v) is 11.0. The van der Waals surface area contributed by atoms with Gasteiger partial charge in [-0.05, 0) is 42.8 Å². The second-order valence-electron chi connectivity index (χ2n) is 7.58. The van der Waals surface area contributed by atoms with E-state index in [0.29, 0.717) is 55.3 Å². The van der Waals surface area contributed by atoms with Gasteiger partial charge in [-0.15, -0.1) is 0 Å². The standard InChI is InChI=1S/C24H30N4O4/c1-2-3-10-25-23(30)18-6-4-8-20(15-18)26-17-22(29)27-21-9-5-7-19(16-21)24(31)28-11-13-32-14-12-28/h4-9,15-16,26H,2-3,10-14,17H2,1H3,(H,25,30)(H,27,29). The fourth-order valence-electron chi connectivity index (χ4n) is 3.32. The van der Waals surface area contributed by atoms with Gasteiger partial charge in [-0.1, -0.05) is 25.5 Å². The van der Waals surface area contributed by atoms with Gasteiger partial charge in [0.2, 0.25) is 5.91 Å². The van der Waals surface area contributed by atoms with Crippen molar-refractivity contribution in [1.82, 2.24) is 10.2 Å². The first kappa shape index (κ1) is 23.3. The monoisotopic (exact) mass is 438 g/mol. The maximum absolute atomic E-state index is 12.6. The number of rotatable bonds is 9. The molecule has 0 spiro atoms. The number of anilines is 2. The Morgan fingerprint density at radius 1 is 0.969 bits per heavy atom. The van der Waals surface area contributed by atoms with Crippen LogP contribution in [0, 0.1) is 0 Å². The van der Waals surface area contributed by atoms with Crippen molar-refractivity contribution in [3.63, 3.8) is 0 Å². The van der Waals surface area contributed by atoms with E-state index in [2.05, 4.69) is 22.9 Å². The van der Waals surface area contributed by atoms with Crippen molar-refractivity contribution in [3.8, 4) is 0 Å². The van der Waals surface area contributed by atoms with Crippen LogP contribution in [0.15, 0.2) is 48.5 Å². The molecule has 3 N–H and O–H groups in total. The number of nitrogens with zero attached hydrogens (tertiary/aromatic N) is 1. The number of amides is 3. The second-order valence-corrected chi connectivity index (χ2v) is 7.58. The summed E-state index contributed by atoms with van der Waals surface area (Å²) < 4.78 is 5.29. The molecule has 170 valence electrons. The van der Waals surface area contributed by atoms with E-state index in [0.717, 1.165) is 12.8 Å². The zero-order valence-corrected chi connectivity index (χ0v) is 18.4. The van der Waals surface area contributed by atoms with Crippen LogP contribution in [-0.2, 0) is 9.53 Å². The number of morpholine rings is 1. The number of hydrogen-bond donors (Lipinski definition) is 3. The average Bonchev–Trinajstić information content (AvgIpc) is 2.83. The third kappa shape index (κ3) is 6.81. The fourth-order valence-corrected chi connectivity index (χ4v) is 3.32. The molecule has 8 nitrogen and oxygen atoms in total.